The van der Waals surface area contributed by atoms with Crippen LogP contribution in [0.2, 0.25) is 0 Å². The highest BCUT2D eigenvalue weighted by molar-refractivity contribution is 6.68. The third-order valence-corrected chi connectivity index (χ3v) is 6.80. The van der Waals surface area contributed by atoms with Crippen molar-refractivity contribution in [3.8, 4) is 0 Å². The third kappa shape index (κ3) is 15.6. The van der Waals surface area contributed by atoms with E-state index in [9.17, 15) is 89.4 Å². The Morgan fingerprint density at radius 1 is 0.375 bits per heavy atom. The molecule has 0 aliphatic carbocycles. The van der Waals surface area contributed by atoms with Crippen molar-refractivity contribution >= 4 is 67.4 Å². The molecule has 4 aromatic carbocycles. The lowest BCUT2D eigenvalue weighted by molar-refractivity contribution is -0.140. The first-order valence-corrected chi connectivity index (χ1v) is 15.1. The predicted octanol–water partition coefficient (Wildman–Crippen LogP) is 12.9. The van der Waals surface area contributed by atoms with Gasteiger partial charge in [0, 0.05) is 16.7 Å². The summed E-state index contributed by atoms with van der Waals surface area (Å²) in [6.45, 7) is 0. The highest BCUT2D eigenvalue weighted by Crippen LogP contribution is 2.35. The Morgan fingerprint density at radius 2 is 0.857 bits per heavy atom. The van der Waals surface area contributed by atoms with E-state index >= 15 is 0 Å². The maximum atomic E-state index is 12.7. The number of halogens is 20. The maximum Gasteiger partial charge on any atom is 0.419 e. The van der Waals surface area contributed by atoms with Crippen LogP contribution in [0.3, 0.4) is 0 Å². The summed E-state index contributed by atoms with van der Waals surface area (Å²) >= 11 is 19.7. The van der Waals surface area contributed by atoms with Crippen molar-refractivity contribution in [3.63, 3.8) is 0 Å². The molecule has 0 aliphatic heterocycles. The van der Waals surface area contributed by atoms with Gasteiger partial charge in [-0.3, -0.25) is 19.2 Å². The van der Waals surface area contributed by atoms with Crippen molar-refractivity contribution in [3.05, 3.63) is 141 Å². The van der Waals surface area contributed by atoms with Crippen LogP contribution in [0, 0.1) is 23.3 Å². The fourth-order valence-electron chi connectivity index (χ4n) is 3.51. The van der Waals surface area contributed by atoms with E-state index in [4.69, 9.17) is 46.4 Å². The number of alkyl halides is 12. The quantitative estimate of drug-likeness (QED) is 0.151. The first kappa shape index (κ1) is 49.6. The second-order valence-corrected chi connectivity index (χ2v) is 11.3. The number of hydrogen-bond acceptors (Lipinski definition) is 4. The van der Waals surface area contributed by atoms with Crippen molar-refractivity contribution in [1.82, 2.24) is 0 Å². The molecular formula is C32H12Cl4F16O4. The monoisotopic (exact) mass is 904 g/mol. The van der Waals surface area contributed by atoms with E-state index in [0.29, 0.717) is 54.6 Å². The Hall–Kier alpha value is -4.40. The van der Waals surface area contributed by atoms with E-state index < -0.39 is 108 Å². The van der Waals surface area contributed by atoms with Gasteiger partial charge in [-0.15, -0.1) is 0 Å². The summed E-state index contributed by atoms with van der Waals surface area (Å²) in [5.41, 5.74) is -7.63. The molecule has 0 bridgehead atoms. The summed E-state index contributed by atoms with van der Waals surface area (Å²) in [7, 11) is 0. The van der Waals surface area contributed by atoms with E-state index in [1.807, 2.05) is 0 Å². The van der Waals surface area contributed by atoms with Crippen LogP contribution in [0.5, 0.6) is 0 Å². The molecule has 0 aromatic heterocycles. The fraction of sp³-hybridized carbons (Fsp3) is 0.125. The lowest BCUT2D eigenvalue weighted by Crippen LogP contribution is -2.11. The van der Waals surface area contributed by atoms with Gasteiger partial charge in [0.15, 0.2) is 0 Å². The minimum atomic E-state index is -4.83. The molecule has 0 spiro atoms. The van der Waals surface area contributed by atoms with E-state index in [1.165, 1.54) is 0 Å². The van der Waals surface area contributed by atoms with Crippen molar-refractivity contribution < 1.29 is 89.4 Å². The van der Waals surface area contributed by atoms with Crippen molar-refractivity contribution in [1.29, 1.82) is 0 Å². The lowest BCUT2D eigenvalue weighted by atomic mass is 10.1. The Balaban J connectivity index is 0.000000373. The number of hydrogen-bond donors (Lipinski definition) is 0. The molecule has 0 radical (unpaired) electrons. The van der Waals surface area contributed by atoms with Crippen LogP contribution in [0.15, 0.2) is 72.8 Å². The Kier molecular flexibility index (Phi) is 17.4. The molecule has 0 amide bonds. The van der Waals surface area contributed by atoms with Crippen LogP contribution < -0.4 is 0 Å². The van der Waals surface area contributed by atoms with Gasteiger partial charge in [-0.25, -0.2) is 17.6 Å². The standard InChI is InChI=1S/4C8H3ClF4O/c9-7(14)4-1-5(8(11,12)13)3-6(10)2-4;9-7(14)5-3-4(8(11,12)13)1-2-6(5)10;9-7(14)4-1-2-6(10)5(3-4)8(11,12)13;9-7(14)5-2-1-4(10)3-6(5)8(11,12)13/h4*1-3H. The second-order valence-electron chi connectivity index (χ2n) is 9.89. The zero-order valence-electron chi connectivity index (χ0n) is 26.1. The van der Waals surface area contributed by atoms with Gasteiger partial charge in [0.2, 0.25) is 0 Å². The van der Waals surface area contributed by atoms with Gasteiger partial charge in [-0.05, 0) is 119 Å². The van der Waals surface area contributed by atoms with Crippen LogP contribution in [-0.4, -0.2) is 21.0 Å². The fourth-order valence-corrected chi connectivity index (χ4v) is 4.04. The van der Waals surface area contributed by atoms with Crippen LogP contribution >= 0.6 is 46.4 Å². The molecule has 4 rings (SSSR count). The lowest BCUT2D eigenvalue weighted by Gasteiger charge is -2.09. The SMILES string of the molecule is O=C(Cl)c1cc(C(F)(F)F)ccc1F.O=C(Cl)c1cc(F)cc(C(F)(F)F)c1.O=C(Cl)c1ccc(F)c(C(F)(F)F)c1.O=C(Cl)c1ccc(F)cc1C(F)(F)F. The average Bonchev–Trinajstić information content (AvgIpc) is 3.03. The molecule has 0 heterocycles. The number of carbonyl (C=O) groups is 4. The largest absolute Gasteiger partial charge is 0.419 e. The van der Waals surface area contributed by atoms with E-state index in [1.54, 1.807) is 0 Å². The molecule has 0 aliphatic rings. The Bertz CT molecular complexity index is 2080. The van der Waals surface area contributed by atoms with Gasteiger partial charge in [-0.1, -0.05) is 0 Å². The van der Waals surface area contributed by atoms with Gasteiger partial charge in [0.05, 0.1) is 27.8 Å². The second kappa shape index (κ2) is 19.6. The summed E-state index contributed by atoms with van der Waals surface area (Å²) in [6, 6.07) is 6.41. The maximum absolute atomic E-state index is 12.7. The highest BCUT2D eigenvalue weighted by Gasteiger charge is 2.36. The number of rotatable bonds is 4. The zero-order chi connectivity index (χ0) is 43.7. The number of carbonyl (C=O) groups excluding carboxylic acids is 4. The van der Waals surface area contributed by atoms with Crippen LogP contribution in [0.25, 0.3) is 0 Å². The van der Waals surface area contributed by atoms with E-state index in [0.717, 1.165) is 12.1 Å². The molecule has 0 fully saturated rings. The molecule has 0 atom stereocenters. The summed E-state index contributed by atoms with van der Waals surface area (Å²) in [4.78, 5) is 42.1. The third-order valence-electron chi connectivity index (χ3n) is 5.96. The zero-order valence-corrected chi connectivity index (χ0v) is 29.1. The molecule has 0 unspecified atom stereocenters. The van der Waals surface area contributed by atoms with Crippen LogP contribution in [0.1, 0.15) is 63.7 Å². The van der Waals surface area contributed by atoms with E-state index in [-0.39, 0.29) is 11.6 Å². The molecule has 304 valence electrons. The minimum absolute atomic E-state index is 0.232. The topological polar surface area (TPSA) is 68.3 Å². The van der Waals surface area contributed by atoms with Gasteiger partial charge in [-0.2, -0.15) is 52.7 Å². The van der Waals surface area contributed by atoms with Crippen LogP contribution in [0.4, 0.5) is 70.2 Å². The van der Waals surface area contributed by atoms with Gasteiger partial charge < -0.3 is 0 Å². The Morgan fingerprint density at radius 3 is 1.29 bits per heavy atom. The normalized spacial score (nSPS) is 11.5. The smallest absolute Gasteiger partial charge is 0.276 e. The minimum Gasteiger partial charge on any atom is -0.276 e. The van der Waals surface area contributed by atoms with E-state index in [2.05, 4.69) is 0 Å². The summed E-state index contributed by atoms with van der Waals surface area (Å²) in [5.74, 6) is -4.72. The van der Waals surface area contributed by atoms with Crippen molar-refractivity contribution in [2.24, 2.45) is 0 Å². The number of benzene rings is 4. The first-order valence-electron chi connectivity index (χ1n) is 13.5. The van der Waals surface area contributed by atoms with Gasteiger partial charge >= 0.3 is 24.7 Å². The van der Waals surface area contributed by atoms with Crippen LogP contribution in [-0.2, 0) is 24.7 Å². The Labute approximate surface area is 321 Å². The highest BCUT2D eigenvalue weighted by atomic mass is 35.5. The summed E-state index contributed by atoms with van der Waals surface area (Å²) < 4.78 is 196. The summed E-state index contributed by atoms with van der Waals surface area (Å²) in [6.07, 6.45) is -18.9. The molecular weight excluding hydrogens is 894 g/mol. The predicted molar refractivity (Wildman–Crippen MR) is 166 cm³/mol. The summed E-state index contributed by atoms with van der Waals surface area (Å²) in [5, 5.41) is -4.71. The molecule has 0 N–H and O–H groups in total. The van der Waals surface area contributed by atoms with Gasteiger partial charge in [0.25, 0.3) is 21.0 Å². The molecule has 4 nitrogen and oxygen atoms in total. The molecule has 56 heavy (non-hydrogen) atoms. The van der Waals surface area contributed by atoms with Crippen molar-refractivity contribution in [2.45, 2.75) is 24.7 Å². The molecule has 4 aromatic rings. The molecule has 0 saturated heterocycles. The molecule has 24 heteroatoms. The average molecular weight is 906 g/mol. The van der Waals surface area contributed by atoms with Crippen molar-refractivity contribution in [2.75, 3.05) is 0 Å². The molecule has 0 saturated carbocycles. The van der Waals surface area contributed by atoms with Gasteiger partial charge in [0.1, 0.15) is 23.3 Å². The first-order chi connectivity index (χ1) is 25.3.